The van der Waals surface area contributed by atoms with Crippen LogP contribution in [0.15, 0.2) is 84.9 Å². The summed E-state index contributed by atoms with van der Waals surface area (Å²) in [5, 5.41) is 3.77. The van der Waals surface area contributed by atoms with E-state index in [1.54, 1.807) is 0 Å². The summed E-state index contributed by atoms with van der Waals surface area (Å²) in [7, 11) is 0. The summed E-state index contributed by atoms with van der Waals surface area (Å²) < 4.78 is 0. The van der Waals surface area contributed by atoms with Crippen LogP contribution in [0.2, 0.25) is 0 Å². The van der Waals surface area contributed by atoms with Crippen LogP contribution in [0.4, 0.5) is 0 Å². The first-order valence-electron chi connectivity index (χ1n) is 11.6. The Hall–Kier alpha value is -2.91. The first-order valence-corrected chi connectivity index (χ1v) is 11.6. The first kappa shape index (κ1) is 23.7. The number of carbonyl (C=O) groups excluding carboxylic acids is 1. The van der Waals surface area contributed by atoms with Crippen molar-refractivity contribution in [2.75, 3.05) is 0 Å². The molecule has 0 radical (unpaired) electrons. The van der Waals surface area contributed by atoms with Crippen LogP contribution < -0.4 is 5.32 Å². The number of hydrogen-bond acceptors (Lipinski definition) is 2. The Morgan fingerprint density at radius 2 is 1.28 bits per heavy atom. The van der Waals surface area contributed by atoms with Gasteiger partial charge in [0, 0.05) is 36.2 Å². The van der Waals surface area contributed by atoms with Crippen molar-refractivity contribution in [1.82, 2.24) is 10.2 Å². The van der Waals surface area contributed by atoms with Gasteiger partial charge in [-0.05, 0) is 50.5 Å². The molecule has 3 aromatic rings. The summed E-state index contributed by atoms with van der Waals surface area (Å²) in [5.41, 5.74) is 4.35. The monoisotopic (exact) mass is 428 g/mol. The molecule has 2 atom stereocenters. The molecule has 3 rings (SSSR count). The molecule has 0 aliphatic heterocycles. The molecule has 0 saturated heterocycles. The minimum Gasteiger partial charge on any atom is -0.334 e. The number of nitrogens with one attached hydrogen (secondary N) is 1. The summed E-state index contributed by atoms with van der Waals surface area (Å²) in [5.74, 6) is 0.217. The van der Waals surface area contributed by atoms with Gasteiger partial charge < -0.3 is 10.2 Å². The van der Waals surface area contributed by atoms with E-state index in [1.165, 1.54) is 11.1 Å². The number of hydrogen-bond donors (Lipinski definition) is 1. The van der Waals surface area contributed by atoms with Gasteiger partial charge in [0.25, 0.3) is 5.91 Å². The Bertz CT molecular complexity index is 974. The molecule has 3 aromatic carbocycles. The lowest BCUT2D eigenvalue weighted by atomic mass is 9.85. The molecule has 0 unspecified atom stereocenters. The van der Waals surface area contributed by atoms with E-state index in [-0.39, 0.29) is 30.0 Å². The maximum atomic E-state index is 13.6. The number of carbonyl (C=O) groups is 1. The molecule has 0 bridgehead atoms. The second-order valence-corrected chi connectivity index (χ2v) is 9.03. The highest BCUT2D eigenvalue weighted by molar-refractivity contribution is 5.96. The van der Waals surface area contributed by atoms with Gasteiger partial charge in [0.05, 0.1) is 0 Å². The van der Waals surface area contributed by atoms with Crippen molar-refractivity contribution in [1.29, 1.82) is 0 Å². The molecule has 0 aliphatic carbocycles. The van der Waals surface area contributed by atoms with Gasteiger partial charge in [-0.2, -0.15) is 0 Å². The van der Waals surface area contributed by atoms with Gasteiger partial charge in [-0.25, -0.2) is 0 Å². The highest BCUT2D eigenvalue weighted by atomic mass is 16.2. The average Bonchev–Trinajstić information content (AvgIpc) is 2.80. The lowest BCUT2D eigenvalue weighted by Gasteiger charge is -2.33. The minimum absolute atomic E-state index is 0.0805. The van der Waals surface area contributed by atoms with E-state index < -0.39 is 0 Å². The molecule has 32 heavy (non-hydrogen) atoms. The Morgan fingerprint density at radius 3 is 1.88 bits per heavy atom. The summed E-state index contributed by atoms with van der Waals surface area (Å²) in [6, 6.07) is 29.5. The van der Waals surface area contributed by atoms with E-state index >= 15 is 0 Å². The predicted molar refractivity (Wildman–Crippen MR) is 134 cm³/mol. The standard InChI is InChI=1S/C29H36N2O/c1-21(2)31(22(3)4)29(32)27-19-13-12-18-26(27)23(5)28(25-16-10-7-11-17-25)30-20-24-14-8-6-9-15-24/h6-19,21-23,28,30H,20H2,1-5H3/t23-,28+/m0/s1. The highest BCUT2D eigenvalue weighted by Crippen LogP contribution is 2.34. The first-order chi connectivity index (χ1) is 15.4. The molecule has 0 fully saturated rings. The fraction of sp³-hybridized carbons (Fsp3) is 0.345. The van der Waals surface area contributed by atoms with Crippen LogP contribution >= 0.6 is 0 Å². The molecule has 0 aliphatic rings. The molecular formula is C29H36N2O. The van der Waals surface area contributed by atoms with E-state index in [9.17, 15) is 4.79 Å². The maximum absolute atomic E-state index is 13.6. The molecule has 3 nitrogen and oxygen atoms in total. The molecule has 0 spiro atoms. The third kappa shape index (κ3) is 5.66. The van der Waals surface area contributed by atoms with Gasteiger partial charge in [0.15, 0.2) is 0 Å². The Morgan fingerprint density at radius 1 is 0.750 bits per heavy atom. The van der Waals surface area contributed by atoms with E-state index in [0.717, 1.165) is 17.7 Å². The third-order valence-electron chi connectivity index (χ3n) is 6.06. The van der Waals surface area contributed by atoms with Crippen molar-refractivity contribution in [3.63, 3.8) is 0 Å². The van der Waals surface area contributed by atoms with E-state index in [1.807, 2.05) is 35.2 Å². The topological polar surface area (TPSA) is 32.3 Å². The summed E-state index contributed by atoms with van der Waals surface area (Å²) in [6.07, 6.45) is 0. The van der Waals surface area contributed by atoms with Gasteiger partial charge in [0.1, 0.15) is 0 Å². The summed E-state index contributed by atoms with van der Waals surface area (Å²) in [6.45, 7) is 11.3. The van der Waals surface area contributed by atoms with Crippen LogP contribution in [0.5, 0.6) is 0 Å². The van der Waals surface area contributed by atoms with Crippen LogP contribution in [0, 0.1) is 0 Å². The van der Waals surface area contributed by atoms with Gasteiger partial charge in [-0.3, -0.25) is 4.79 Å². The average molecular weight is 429 g/mol. The lowest BCUT2D eigenvalue weighted by Crippen LogP contribution is -2.42. The molecule has 168 valence electrons. The molecule has 0 heterocycles. The molecule has 1 amide bonds. The second-order valence-electron chi connectivity index (χ2n) is 9.03. The minimum atomic E-state index is 0.0805. The molecule has 1 N–H and O–H groups in total. The molecule has 0 aromatic heterocycles. The third-order valence-corrected chi connectivity index (χ3v) is 6.06. The molecule has 3 heteroatoms. The van der Waals surface area contributed by atoms with E-state index in [2.05, 4.69) is 94.5 Å². The smallest absolute Gasteiger partial charge is 0.254 e. The van der Waals surface area contributed by atoms with Crippen LogP contribution in [0.3, 0.4) is 0 Å². The number of nitrogens with zero attached hydrogens (tertiary/aromatic N) is 1. The highest BCUT2D eigenvalue weighted by Gasteiger charge is 2.28. The largest absolute Gasteiger partial charge is 0.334 e. The predicted octanol–water partition coefficient (Wildman–Crippen LogP) is 6.58. The van der Waals surface area contributed by atoms with Crippen LogP contribution in [0.1, 0.15) is 73.6 Å². The van der Waals surface area contributed by atoms with Gasteiger partial charge in [-0.15, -0.1) is 0 Å². The van der Waals surface area contributed by atoms with Crippen LogP contribution in [-0.4, -0.2) is 22.9 Å². The summed E-state index contributed by atoms with van der Waals surface area (Å²) in [4.78, 5) is 15.6. The maximum Gasteiger partial charge on any atom is 0.254 e. The van der Waals surface area contributed by atoms with Crippen LogP contribution in [0.25, 0.3) is 0 Å². The van der Waals surface area contributed by atoms with Gasteiger partial charge in [-0.1, -0.05) is 85.8 Å². The lowest BCUT2D eigenvalue weighted by molar-refractivity contribution is 0.0642. The van der Waals surface area contributed by atoms with Crippen molar-refractivity contribution in [3.05, 3.63) is 107 Å². The normalized spacial score (nSPS) is 13.2. The van der Waals surface area contributed by atoms with Gasteiger partial charge in [0.2, 0.25) is 0 Å². The van der Waals surface area contributed by atoms with Crippen LogP contribution in [-0.2, 0) is 6.54 Å². The Labute approximate surface area is 193 Å². The van der Waals surface area contributed by atoms with Crippen molar-refractivity contribution < 1.29 is 4.79 Å². The van der Waals surface area contributed by atoms with Crippen molar-refractivity contribution in [2.45, 2.75) is 65.2 Å². The Kier molecular flexibility index (Phi) is 8.24. The number of rotatable bonds is 9. The molecular weight excluding hydrogens is 392 g/mol. The SMILES string of the molecule is CC(C)N(C(=O)c1ccccc1[C@H](C)[C@@H](NCc1ccccc1)c1ccccc1)C(C)C. The fourth-order valence-electron chi connectivity index (χ4n) is 4.54. The van der Waals surface area contributed by atoms with Crippen molar-refractivity contribution >= 4 is 5.91 Å². The zero-order chi connectivity index (χ0) is 23.1. The second kappa shape index (κ2) is 11.1. The quantitative estimate of drug-likeness (QED) is 0.417. The number of amides is 1. The Balaban J connectivity index is 1.96. The van der Waals surface area contributed by atoms with Gasteiger partial charge >= 0.3 is 0 Å². The van der Waals surface area contributed by atoms with Crippen molar-refractivity contribution in [2.24, 2.45) is 0 Å². The zero-order valence-corrected chi connectivity index (χ0v) is 20.0. The van der Waals surface area contributed by atoms with Crippen molar-refractivity contribution in [3.8, 4) is 0 Å². The number of benzene rings is 3. The fourth-order valence-corrected chi connectivity index (χ4v) is 4.54. The molecule has 0 saturated carbocycles. The summed E-state index contributed by atoms with van der Waals surface area (Å²) >= 11 is 0. The van der Waals surface area contributed by atoms with E-state index in [0.29, 0.717) is 0 Å². The van der Waals surface area contributed by atoms with E-state index in [4.69, 9.17) is 0 Å². The zero-order valence-electron chi connectivity index (χ0n) is 20.0.